The van der Waals surface area contributed by atoms with Crippen molar-refractivity contribution in [3.05, 3.63) is 46.8 Å². The summed E-state index contributed by atoms with van der Waals surface area (Å²) in [6.07, 6.45) is 0.792. The van der Waals surface area contributed by atoms with Crippen molar-refractivity contribution in [3.63, 3.8) is 0 Å². The fraction of sp³-hybridized carbons (Fsp3) is 0.412. The third-order valence-corrected chi connectivity index (χ3v) is 3.84. The van der Waals surface area contributed by atoms with E-state index < -0.39 is 0 Å². The van der Waals surface area contributed by atoms with Gasteiger partial charge < -0.3 is 14.6 Å². The van der Waals surface area contributed by atoms with Crippen molar-refractivity contribution in [2.45, 2.75) is 39.2 Å². The van der Waals surface area contributed by atoms with E-state index in [4.69, 9.17) is 9.26 Å². The Labute approximate surface area is 129 Å². The van der Waals surface area contributed by atoms with Gasteiger partial charge in [0.2, 0.25) is 0 Å². The van der Waals surface area contributed by atoms with E-state index in [0.29, 0.717) is 23.6 Å². The largest absolute Gasteiger partial charge is 0.488 e. The highest BCUT2D eigenvalue weighted by Gasteiger charge is 2.26. The van der Waals surface area contributed by atoms with Crippen LogP contribution in [0.25, 0.3) is 0 Å². The first kappa shape index (κ1) is 14.6. The third-order valence-electron chi connectivity index (χ3n) is 3.84. The Hall–Kier alpha value is -2.30. The topological polar surface area (TPSA) is 64.4 Å². The summed E-state index contributed by atoms with van der Waals surface area (Å²) >= 11 is 0. The Morgan fingerprint density at radius 3 is 2.91 bits per heavy atom. The van der Waals surface area contributed by atoms with E-state index in [0.717, 1.165) is 12.2 Å². The van der Waals surface area contributed by atoms with E-state index in [9.17, 15) is 4.79 Å². The lowest BCUT2D eigenvalue weighted by atomic mass is 10.0. The molecule has 1 aliphatic rings. The molecule has 1 aromatic heterocycles. The molecule has 0 radical (unpaired) electrons. The molecule has 22 heavy (non-hydrogen) atoms. The molecule has 2 heterocycles. The SMILES string of the molecule is Cc1noc(C(C)C)c1C(=O)NC[C@@H]1Cc2ccccc2O1. The molecule has 5 nitrogen and oxygen atoms in total. The highest BCUT2D eigenvalue weighted by atomic mass is 16.5. The van der Waals surface area contributed by atoms with E-state index in [-0.39, 0.29) is 17.9 Å². The molecular weight excluding hydrogens is 280 g/mol. The zero-order chi connectivity index (χ0) is 15.7. The number of para-hydroxylation sites is 1. The fourth-order valence-corrected chi connectivity index (χ4v) is 2.72. The van der Waals surface area contributed by atoms with Crippen LogP contribution in [0.4, 0.5) is 0 Å². The predicted octanol–water partition coefficient (Wildman–Crippen LogP) is 2.84. The maximum absolute atomic E-state index is 12.4. The number of aryl methyl sites for hydroxylation is 1. The van der Waals surface area contributed by atoms with Gasteiger partial charge in [0.15, 0.2) is 5.76 Å². The lowest BCUT2D eigenvalue weighted by Crippen LogP contribution is -2.35. The van der Waals surface area contributed by atoms with Crippen LogP contribution < -0.4 is 10.1 Å². The predicted molar refractivity (Wildman–Crippen MR) is 82.2 cm³/mol. The second-order valence-electron chi connectivity index (χ2n) is 5.92. The van der Waals surface area contributed by atoms with Gasteiger partial charge in [-0.25, -0.2) is 0 Å². The molecule has 0 saturated carbocycles. The second kappa shape index (κ2) is 5.83. The number of aromatic nitrogens is 1. The zero-order valence-corrected chi connectivity index (χ0v) is 13.1. The smallest absolute Gasteiger partial charge is 0.256 e. The number of benzene rings is 1. The summed E-state index contributed by atoms with van der Waals surface area (Å²) in [5, 5.41) is 6.84. The first-order chi connectivity index (χ1) is 10.6. The van der Waals surface area contributed by atoms with Crippen LogP contribution in [0.5, 0.6) is 5.75 Å². The molecule has 1 aliphatic heterocycles. The number of amides is 1. The third kappa shape index (κ3) is 2.71. The molecule has 1 N–H and O–H groups in total. The Kier molecular flexibility index (Phi) is 3.88. The second-order valence-corrected chi connectivity index (χ2v) is 5.92. The van der Waals surface area contributed by atoms with Gasteiger partial charge in [-0.15, -0.1) is 0 Å². The van der Waals surface area contributed by atoms with Gasteiger partial charge in [-0.2, -0.15) is 0 Å². The average Bonchev–Trinajstić information content (AvgIpc) is 3.07. The van der Waals surface area contributed by atoms with E-state index in [2.05, 4.69) is 16.5 Å². The zero-order valence-electron chi connectivity index (χ0n) is 13.1. The van der Waals surface area contributed by atoms with Gasteiger partial charge in [0.05, 0.1) is 12.2 Å². The average molecular weight is 300 g/mol. The Morgan fingerprint density at radius 1 is 1.41 bits per heavy atom. The van der Waals surface area contributed by atoms with Crippen LogP contribution in [0.3, 0.4) is 0 Å². The summed E-state index contributed by atoms with van der Waals surface area (Å²) < 4.78 is 11.1. The molecule has 0 aliphatic carbocycles. The molecule has 1 atom stereocenters. The van der Waals surface area contributed by atoms with E-state index >= 15 is 0 Å². The number of rotatable bonds is 4. The van der Waals surface area contributed by atoms with Crippen molar-refractivity contribution in [2.75, 3.05) is 6.54 Å². The molecule has 0 fully saturated rings. The molecule has 0 unspecified atom stereocenters. The molecule has 1 aromatic carbocycles. The van der Waals surface area contributed by atoms with E-state index in [1.807, 2.05) is 32.0 Å². The summed E-state index contributed by atoms with van der Waals surface area (Å²) in [5.41, 5.74) is 2.35. The number of nitrogens with zero attached hydrogens (tertiary/aromatic N) is 1. The van der Waals surface area contributed by atoms with Crippen LogP contribution >= 0.6 is 0 Å². The van der Waals surface area contributed by atoms with Gasteiger partial charge in [0.25, 0.3) is 5.91 Å². The van der Waals surface area contributed by atoms with Crippen LogP contribution in [-0.2, 0) is 6.42 Å². The number of carbonyl (C=O) groups is 1. The van der Waals surface area contributed by atoms with Gasteiger partial charge >= 0.3 is 0 Å². The molecule has 116 valence electrons. The summed E-state index contributed by atoms with van der Waals surface area (Å²) in [6, 6.07) is 7.96. The summed E-state index contributed by atoms with van der Waals surface area (Å²) in [5.74, 6) is 1.51. The van der Waals surface area contributed by atoms with Crippen LogP contribution in [0.15, 0.2) is 28.8 Å². The number of hydrogen-bond acceptors (Lipinski definition) is 4. The molecule has 1 amide bonds. The summed E-state index contributed by atoms with van der Waals surface area (Å²) in [7, 11) is 0. The van der Waals surface area contributed by atoms with Crippen molar-refractivity contribution in [3.8, 4) is 5.75 Å². The Bertz CT molecular complexity index is 666. The lowest BCUT2D eigenvalue weighted by Gasteiger charge is -2.12. The number of ether oxygens (including phenoxy) is 1. The molecular formula is C17H20N2O3. The lowest BCUT2D eigenvalue weighted by molar-refractivity contribution is 0.0930. The maximum Gasteiger partial charge on any atom is 0.256 e. The summed E-state index contributed by atoms with van der Waals surface area (Å²) in [4.78, 5) is 12.4. The molecule has 0 bridgehead atoms. The standard InChI is InChI=1S/C17H20N2O3/c1-10(2)16-15(11(3)19-22-16)17(20)18-9-13-8-12-6-4-5-7-14(12)21-13/h4-7,10,13H,8-9H2,1-3H3,(H,18,20)/t13-/m0/s1. The van der Waals surface area contributed by atoms with Gasteiger partial charge in [0, 0.05) is 12.3 Å². The monoisotopic (exact) mass is 300 g/mol. The van der Waals surface area contributed by atoms with Crippen LogP contribution in [0.1, 0.15) is 47.1 Å². The summed E-state index contributed by atoms with van der Waals surface area (Å²) in [6.45, 7) is 6.21. The van der Waals surface area contributed by atoms with Crippen molar-refractivity contribution in [1.29, 1.82) is 0 Å². The molecule has 2 aromatic rings. The number of fused-ring (bicyclic) bond motifs is 1. The first-order valence-corrected chi connectivity index (χ1v) is 7.55. The Morgan fingerprint density at radius 2 is 2.18 bits per heavy atom. The minimum absolute atomic E-state index is 0.0241. The fourth-order valence-electron chi connectivity index (χ4n) is 2.72. The maximum atomic E-state index is 12.4. The van der Waals surface area contributed by atoms with Crippen molar-refractivity contribution in [1.82, 2.24) is 10.5 Å². The van der Waals surface area contributed by atoms with Crippen molar-refractivity contribution >= 4 is 5.91 Å². The van der Waals surface area contributed by atoms with E-state index in [1.165, 1.54) is 5.56 Å². The highest BCUT2D eigenvalue weighted by Crippen LogP contribution is 2.28. The number of hydrogen-bond donors (Lipinski definition) is 1. The number of carbonyl (C=O) groups excluding carboxylic acids is 1. The number of nitrogens with one attached hydrogen (secondary N) is 1. The molecule has 0 spiro atoms. The van der Waals surface area contributed by atoms with Crippen molar-refractivity contribution in [2.24, 2.45) is 0 Å². The van der Waals surface area contributed by atoms with Crippen LogP contribution in [0, 0.1) is 6.92 Å². The van der Waals surface area contributed by atoms with Gasteiger partial charge in [-0.1, -0.05) is 37.2 Å². The minimum Gasteiger partial charge on any atom is -0.488 e. The van der Waals surface area contributed by atoms with Gasteiger partial charge in [-0.05, 0) is 18.6 Å². The molecule has 5 heteroatoms. The van der Waals surface area contributed by atoms with Crippen LogP contribution in [0.2, 0.25) is 0 Å². The van der Waals surface area contributed by atoms with E-state index in [1.54, 1.807) is 6.92 Å². The van der Waals surface area contributed by atoms with Crippen molar-refractivity contribution < 1.29 is 14.1 Å². The quantitative estimate of drug-likeness (QED) is 0.943. The van der Waals surface area contributed by atoms with Crippen LogP contribution in [-0.4, -0.2) is 23.7 Å². The van der Waals surface area contributed by atoms with Gasteiger partial charge in [0.1, 0.15) is 17.4 Å². The molecule has 3 rings (SSSR count). The molecule has 0 saturated heterocycles. The van der Waals surface area contributed by atoms with Gasteiger partial charge in [-0.3, -0.25) is 4.79 Å². The Balaban J connectivity index is 1.64. The highest BCUT2D eigenvalue weighted by molar-refractivity contribution is 5.96. The normalized spacial score (nSPS) is 16.5. The minimum atomic E-state index is -0.151. The first-order valence-electron chi connectivity index (χ1n) is 7.55.